The summed E-state index contributed by atoms with van der Waals surface area (Å²) in [5.74, 6) is -0.285. The summed E-state index contributed by atoms with van der Waals surface area (Å²) >= 11 is 0. The van der Waals surface area contributed by atoms with E-state index in [1.165, 1.54) is 12.1 Å². The Bertz CT molecular complexity index is 1670. The lowest BCUT2D eigenvalue weighted by atomic mass is 9.86. The Morgan fingerprint density at radius 1 is 1.03 bits per heavy atom. The molecular weight excluding hydrogens is 500 g/mol. The fourth-order valence-corrected chi connectivity index (χ4v) is 5.99. The number of aryl methyl sites for hydroxylation is 2. The highest BCUT2D eigenvalue weighted by Gasteiger charge is 2.33. The highest BCUT2D eigenvalue weighted by molar-refractivity contribution is 6.07. The molecule has 8 heteroatoms. The van der Waals surface area contributed by atoms with Crippen molar-refractivity contribution in [2.24, 2.45) is 5.92 Å². The topological polar surface area (TPSA) is 73.3 Å². The molecule has 0 unspecified atom stereocenters. The van der Waals surface area contributed by atoms with Crippen molar-refractivity contribution in [3.63, 3.8) is 0 Å². The van der Waals surface area contributed by atoms with Crippen LogP contribution in [0.5, 0.6) is 0 Å². The first-order valence-corrected chi connectivity index (χ1v) is 13.3. The molecule has 1 atom stereocenters. The maximum atomic E-state index is 15.6. The fraction of sp³-hybridized carbons (Fsp3) is 0.355. The number of ether oxygens (including phenoxy) is 1. The van der Waals surface area contributed by atoms with E-state index in [1.807, 2.05) is 38.1 Å². The minimum Gasteiger partial charge on any atom is -0.386 e. The number of hydrogen-bond acceptors (Lipinski definition) is 5. The van der Waals surface area contributed by atoms with Crippen LogP contribution >= 0.6 is 0 Å². The molecule has 0 bridgehead atoms. The van der Waals surface area contributed by atoms with Crippen LogP contribution in [-0.4, -0.2) is 33.0 Å². The van der Waals surface area contributed by atoms with Crippen molar-refractivity contribution in [1.29, 1.82) is 0 Å². The number of hydrogen-bond donors (Lipinski definition) is 1. The molecule has 3 aromatic heterocycles. The van der Waals surface area contributed by atoms with Crippen LogP contribution < -0.4 is 0 Å². The lowest BCUT2D eigenvalue weighted by Crippen LogP contribution is -2.28. The van der Waals surface area contributed by atoms with Gasteiger partial charge in [0.05, 0.1) is 33.9 Å². The summed E-state index contributed by atoms with van der Waals surface area (Å²) in [5, 5.41) is 15.8. The van der Waals surface area contributed by atoms with E-state index in [-0.39, 0.29) is 11.5 Å². The zero-order valence-corrected chi connectivity index (χ0v) is 22.5. The molecule has 202 valence electrons. The number of benzene rings is 2. The second-order valence-corrected chi connectivity index (χ2v) is 11.0. The van der Waals surface area contributed by atoms with Crippen LogP contribution in [0, 0.1) is 31.4 Å². The van der Waals surface area contributed by atoms with Crippen LogP contribution in [0.15, 0.2) is 53.2 Å². The van der Waals surface area contributed by atoms with Gasteiger partial charge in [-0.1, -0.05) is 17.3 Å². The fourth-order valence-electron chi connectivity index (χ4n) is 5.99. The third-order valence-electron chi connectivity index (χ3n) is 7.94. The van der Waals surface area contributed by atoms with E-state index in [2.05, 4.69) is 9.72 Å². The van der Waals surface area contributed by atoms with E-state index in [4.69, 9.17) is 14.2 Å². The first-order valence-electron chi connectivity index (χ1n) is 13.3. The number of pyridine rings is 1. The molecule has 0 amide bonds. The molecule has 2 aromatic carbocycles. The largest absolute Gasteiger partial charge is 0.386 e. The third-order valence-corrected chi connectivity index (χ3v) is 7.94. The summed E-state index contributed by atoms with van der Waals surface area (Å²) in [4.78, 5) is 4.88. The molecule has 1 N–H and O–H groups in total. The predicted octanol–water partition coefficient (Wildman–Crippen LogP) is 6.98. The number of fused-ring (bicyclic) bond motifs is 3. The molecule has 1 fully saturated rings. The Morgan fingerprint density at radius 3 is 2.49 bits per heavy atom. The highest BCUT2D eigenvalue weighted by Crippen LogP contribution is 2.43. The molecule has 4 heterocycles. The molecule has 0 saturated carbocycles. The Labute approximate surface area is 225 Å². The van der Waals surface area contributed by atoms with E-state index in [0.29, 0.717) is 31.8 Å². The van der Waals surface area contributed by atoms with Crippen molar-refractivity contribution in [2.75, 3.05) is 13.2 Å². The molecule has 1 aliphatic heterocycles. The maximum absolute atomic E-state index is 15.6. The summed E-state index contributed by atoms with van der Waals surface area (Å²) < 4.78 is 43.4. The van der Waals surface area contributed by atoms with Gasteiger partial charge in [-0.15, -0.1) is 0 Å². The van der Waals surface area contributed by atoms with Crippen molar-refractivity contribution in [1.82, 2.24) is 14.7 Å². The molecular formula is C31H31F2N3O3. The lowest BCUT2D eigenvalue weighted by Gasteiger charge is -2.33. The number of rotatable bonds is 5. The van der Waals surface area contributed by atoms with Gasteiger partial charge >= 0.3 is 0 Å². The monoisotopic (exact) mass is 531 g/mol. The maximum Gasteiger partial charge on any atom is 0.141 e. The minimum atomic E-state index is -1.09. The Morgan fingerprint density at radius 2 is 1.79 bits per heavy atom. The van der Waals surface area contributed by atoms with Gasteiger partial charge in [-0.25, -0.2) is 8.78 Å². The Hall–Kier alpha value is -3.62. The van der Waals surface area contributed by atoms with Gasteiger partial charge < -0.3 is 18.9 Å². The van der Waals surface area contributed by atoms with Gasteiger partial charge in [0.15, 0.2) is 0 Å². The minimum absolute atomic E-state index is 0.0117. The standard InChI is InChI=1S/C31H31F2N3O3/c1-17-28(18(2)39-35-17)20-13-27-29(34-16-20)23-7-5-21(31(3,4)37)14-26(23)36(27)30(19-9-11-38-12-10-19)24-15-22(32)6-8-25(24)33/h5-8,13-16,19,30,37H,9-12H2,1-4H3/t30-/m0/s1. The van der Waals surface area contributed by atoms with Crippen molar-refractivity contribution >= 4 is 21.9 Å². The van der Waals surface area contributed by atoms with Gasteiger partial charge in [0.2, 0.25) is 0 Å². The summed E-state index contributed by atoms with van der Waals surface area (Å²) in [6, 6.07) is 10.9. The first-order chi connectivity index (χ1) is 18.6. The molecule has 39 heavy (non-hydrogen) atoms. The highest BCUT2D eigenvalue weighted by atomic mass is 19.1. The van der Waals surface area contributed by atoms with Crippen molar-refractivity contribution < 1.29 is 23.1 Å². The van der Waals surface area contributed by atoms with Crippen LogP contribution in [-0.2, 0) is 10.3 Å². The van der Waals surface area contributed by atoms with Gasteiger partial charge in [-0.05, 0) is 82.3 Å². The van der Waals surface area contributed by atoms with Gasteiger partial charge in [0.1, 0.15) is 17.4 Å². The van der Waals surface area contributed by atoms with Crippen LogP contribution in [0.4, 0.5) is 8.78 Å². The van der Waals surface area contributed by atoms with Crippen LogP contribution in [0.1, 0.15) is 55.3 Å². The average molecular weight is 532 g/mol. The summed E-state index contributed by atoms with van der Waals surface area (Å²) in [7, 11) is 0. The first kappa shape index (κ1) is 25.6. The summed E-state index contributed by atoms with van der Waals surface area (Å²) in [6.45, 7) is 8.31. The molecule has 1 saturated heterocycles. The van der Waals surface area contributed by atoms with Crippen molar-refractivity contribution in [2.45, 2.75) is 52.2 Å². The molecule has 0 aliphatic carbocycles. The molecule has 6 rings (SSSR count). The summed E-state index contributed by atoms with van der Waals surface area (Å²) in [6.07, 6.45) is 3.20. The van der Waals surface area contributed by atoms with Gasteiger partial charge in [0.25, 0.3) is 0 Å². The molecule has 6 nitrogen and oxygen atoms in total. The van der Waals surface area contributed by atoms with Crippen LogP contribution in [0.2, 0.25) is 0 Å². The van der Waals surface area contributed by atoms with Crippen LogP contribution in [0.25, 0.3) is 33.1 Å². The van der Waals surface area contributed by atoms with E-state index >= 15 is 4.39 Å². The van der Waals surface area contributed by atoms with E-state index in [1.54, 1.807) is 20.0 Å². The van der Waals surface area contributed by atoms with Gasteiger partial charge in [0, 0.05) is 41.5 Å². The van der Waals surface area contributed by atoms with Crippen molar-refractivity contribution in [3.8, 4) is 11.1 Å². The Kier molecular flexibility index (Phi) is 6.27. The number of halogens is 2. The van der Waals surface area contributed by atoms with Crippen LogP contribution in [0.3, 0.4) is 0 Å². The summed E-state index contributed by atoms with van der Waals surface area (Å²) in [5.41, 5.74) is 4.68. The SMILES string of the molecule is Cc1noc(C)c1-c1cnc2c3ccc(C(C)(C)O)cc3n([C@H](c3cc(F)ccc3F)C3CCOCC3)c2c1. The smallest absolute Gasteiger partial charge is 0.141 e. The molecule has 5 aromatic rings. The molecule has 0 radical (unpaired) electrons. The van der Waals surface area contributed by atoms with E-state index in [9.17, 15) is 9.50 Å². The van der Waals surface area contributed by atoms with Gasteiger partial charge in [-0.3, -0.25) is 4.98 Å². The van der Waals surface area contributed by atoms with E-state index in [0.717, 1.165) is 50.4 Å². The third kappa shape index (κ3) is 4.41. The quantitative estimate of drug-likeness (QED) is 0.265. The molecule has 1 aliphatic rings. The average Bonchev–Trinajstić information content (AvgIpc) is 3.42. The second kappa shape index (κ2) is 9.54. The number of aromatic nitrogens is 3. The normalized spacial score (nSPS) is 15.9. The number of aliphatic hydroxyl groups is 1. The predicted molar refractivity (Wildman–Crippen MR) is 145 cm³/mol. The van der Waals surface area contributed by atoms with E-state index < -0.39 is 23.3 Å². The zero-order chi connectivity index (χ0) is 27.5. The second-order valence-electron chi connectivity index (χ2n) is 11.0. The zero-order valence-electron chi connectivity index (χ0n) is 22.5. The van der Waals surface area contributed by atoms with Crippen molar-refractivity contribution in [3.05, 3.63) is 82.9 Å². The lowest BCUT2D eigenvalue weighted by molar-refractivity contribution is 0.0548. The molecule has 0 spiro atoms. The van der Waals surface area contributed by atoms with Gasteiger partial charge in [-0.2, -0.15) is 0 Å². The Balaban J connectivity index is 1.72. The number of nitrogens with zero attached hydrogens (tertiary/aromatic N) is 3.